The van der Waals surface area contributed by atoms with Crippen LogP contribution in [0.3, 0.4) is 0 Å². The maximum atomic E-state index is 12.0. The predicted octanol–water partition coefficient (Wildman–Crippen LogP) is 1.82. The zero-order valence-corrected chi connectivity index (χ0v) is 12.4. The van der Waals surface area contributed by atoms with E-state index in [1.54, 1.807) is 0 Å². The highest BCUT2D eigenvalue weighted by Crippen LogP contribution is 2.26. The van der Waals surface area contributed by atoms with Gasteiger partial charge in [-0.25, -0.2) is 0 Å². The first-order valence-electron chi connectivity index (χ1n) is 6.81. The fourth-order valence-electron chi connectivity index (χ4n) is 2.47. The lowest BCUT2D eigenvalue weighted by Gasteiger charge is -2.30. The van der Waals surface area contributed by atoms with Gasteiger partial charge >= 0.3 is 0 Å². The van der Waals surface area contributed by atoms with Gasteiger partial charge in [0.25, 0.3) is 0 Å². The van der Waals surface area contributed by atoms with E-state index in [-0.39, 0.29) is 29.0 Å². The Bertz CT molecular complexity index is 299. The molecule has 3 atom stereocenters. The second kappa shape index (κ2) is 5.57. The first-order valence-corrected chi connectivity index (χ1v) is 6.81. The van der Waals surface area contributed by atoms with Crippen LogP contribution in [-0.2, 0) is 9.53 Å². The molecule has 0 saturated carbocycles. The summed E-state index contributed by atoms with van der Waals surface area (Å²) >= 11 is 0. The molecule has 1 fully saturated rings. The van der Waals surface area contributed by atoms with Crippen LogP contribution >= 0.6 is 0 Å². The van der Waals surface area contributed by atoms with E-state index in [1.807, 2.05) is 13.8 Å². The van der Waals surface area contributed by atoms with E-state index in [0.29, 0.717) is 13.0 Å². The van der Waals surface area contributed by atoms with Crippen molar-refractivity contribution in [2.45, 2.75) is 71.6 Å². The molecule has 1 amide bonds. The molecule has 0 aromatic carbocycles. The van der Waals surface area contributed by atoms with Gasteiger partial charge in [0.2, 0.25) is 5.91 Å². The smallest absolute Gasteiger partial charge is 0.222 e. The van der Waals surface area contributed by atoms with Gasteiger partial charge in [-0.05, 0) is 32.1 Å². The summed E-state index contributed by atoms with van der Waals surface area (Å²) in [6.45, 7) is 11.2. The van der Waals surface area contributed by atoms with Crippen LogP contribution in [0.2, 0.25) is 0 Å². The molecule has 1 heterocycles. The average molecular weight is 256 g/mol. The Morgan fingerprint density at radius 1 is 1.56 bits per heavy atom. The van der Waals surface area contributed by atoms with Gasteiger partial charge in [-0.15, -0.1) is 0 Å². The monoisotopic (exact) mass is 256 g/mol. The summed E-state index contributed by atoms with van der Waals surface area (Å²) in [5.74, 6) is 0.0339. The molecular formula is C14H28N2O2. The molecule has 1 aliphatic rings. The van der Waals surface area contributed by atoms with Gasteiger partial charge < -0.3 is 15.8 Å². The van der Waals surface area contributed by atoms with Gasteiger partial charge in [-0.3, -0.25) is 4.79 Å². The van der Waals surface area contributed by atoms with Gasteiger partial charge in [0.05, 0.1) is 11.6 Å². The molecule has 0 radical (unpaired) electrons. The molecule has 0 bridgehead atoms. The van der Waals surface area contributed by atoms with Crippen molar-refractivity contribution >= 4 is 5.91 Å². The number of ether oxygens (including phenoxy) is 1. The first-order chi connectivity index (χ1) is 8.12. The topological polar surface area (TPSA) is 64.3 Å². The summed E-state index contributed by atoms with van der Waals surface area (Å²) < 4.78 is 5.51. The van der Waals surface area contributed by atoms with E-state index in [1.165, 1.54) is 0 Å². The fraction of sp³-hybridized carbons (Fsp3) is 0.929. The number of nitrogens with two attached hydrogens (primary N) is 1. The molecule has 1 aliphatic heterocycles. The molecular weight excluding hydrogens is 228 g/mol. The van der Waals surface area contributed by atoms with Gasteiger partial charge in [0.15, 0.2) is 0 Å². The Morgan fingerprint density at radius 3 is 2.61 bits per heavy atom. The molecule has 3 N–H and O–H groups in total. The van der Waals surface area contributed by atoms with Gasteiger partial charge in [-0.2, -0.15) is 0 Å². The summed E-state index contributed by atoms with van der Waals surface area (Å²) in [6, 6.07) is -0.0776. The van der Waals surface area contributed by atoms with Crippen molar-refractivity contribution in [1.82, 2.24) is 5.32 Å². The lowest BCUT2D eigenvalue weighted by atomic mass is 9.87. The summed E-state index contributed by atoms with van der Waals surface area (Å²) in [6.07, 6.45) is 2.18. The van der Waals surface area contributed by atoms with Gasteiger partial charge in [0, 0.05) is 19.1 Å². The normalized spacial score (nSPS) is 30.2. The average Bonchev–Trinajstić information content (AvgIpc) is 2.42. The lowest BCUT2D eigenvalue weighted by Crippen LogP contribution is -2.51. The van der Waals surface area contributed by atoms with Crippen LogP contribution in [0.1, 0.15) is 53.9 Å². The van der Waals surface area contributed by atoms with E-state index < -0.39 is 0 Å². The fourth-order valence-corrected chi connectivity index (χ4v) is 2.47. The van der Waals surface area contributed by atoms with Crippen LogP contribution in [0, 0.1) is 5.41 Å². The third-order valence-electron chi connectivity index (χ3n) is 3.63. The third kappa shape index (κ3) is 4.58. The number of hydrogen-bond acceptors (Lipinski definition) is 3. The zero-order chi connectivity index (χ0) is 14.0. The molecule has 0 aromatic heterocycles. The second-order valence-electron chi connectivity index (χ2n) is 6.96. The van der Waals surface area contributed by atoms with Crippen LogP contribution < -0.4 is 11.1 Å². The molecule has 0 aromatic rings. The van der Waals surface area contributed by atoms with Crippen LogP contribution in [0.15, 0.2) is 0 Å². The minimum atomic E-state index is -0.238. The van der Waals surface area contributed by atoms with Crippen molar-refractivity contribution in [1.29, 1.82) is 0 Å². The highest BCUT2D eigenvalue weighted by Gasteiger charge is 2.38. The van der Waals surface area contributed by atoms with Gasteiger partial charge in [-0.1, -0.05) is 20.8 Å². The molecule has 4 heteroatoms. The van der Waals surface area contributed by atoms with Crippen molar-refractivity contribution < 1.29 is 9.53 Å². The summed E-state index contributed by atoms with van der Waals surface area (Å²) in [4.78, 5) is 12.0. The number of rotatable bonds is 4. The summed E-state index contributed by atoms with van der Waals surface area (Å²) in [7, 11) is 0. The molecule has 0 spiro atoms. The van der Waals surface area contributed by atoms with Crippen LogP contribution in [0.4, 0.5) is 0 Å². The Morgan fingerprint density at radius 2 is 2.17 bits per heavy atom. The standard InChI is InChI=1S/C14H28N2O2/c1-10-14(5,6-7-18-10)16-12(17)8-11(15)9-13(2,3)4/h10-11H,6-9,15H2,1-5H3,(H,16,17). The Balaban J connectivity index is 2.42. The first kappa shape index (κ1) is 15.4. The quantitative estimate of drug-likeness (QED) is 0.806. The van der Waals surface area contributed by atoms with E-state index in [0.717, 1.165) is 12.8 Å². The Hall–Kier alpha value is -0.610. The minimum Gasteiger partial charge on any atom is -0.376 e. The number of amides is 1. The van der Waals surface area contributed by atoms with E-state index >= 15 is 0 Å². The van der Waals surface area contributed by atoms with Crippen LogP contribution in [0.5, 0.6) is 0 Å². The Kier molecular flexibility index (Phi) is 4.78. The number of hydrogen-bond donors (Lipinski definition) is 2. The molecule has 4 nitrogen and oxygen atoms in total. The van der Waals surface area contributed by atoms with E-state index in [2.05, 4.69) is 26.1 Å². The van der Waals surface area contributed by atoms with E-state index in [4.69, 9.17) is 10.5 Å². The van der Waals surface area contributed by atoms with Gasteiger partial charge in [0.1, 0.15) is 0 Å². The van der Waals surface area contributed by atoms with Crippen molar-refractivity contribution in [2.75, 3.05) is 6.61 Å². The zero-order valence-electron chi connectivity index (χ0n) is 12.4. The highest BCUT2D eigenvalue weighted by atomic mass is 16.5. The molecule has 1 saturated heterocycles. The maximum Gasteiger partial charge on any atom is 0.222 e. The third-order valence-corrected chi connectivity index (χ3v) is 3.63. The largest absolute Gasteiger partial charge is 0.376 e. The van der Waals surface area contributed by atoms with Crippen molar-refractivity contribution in [2.24, 2.45) is 11.1 Å². The highest BCUT2D eigenvalue weighted by molar-refractivity contribution is 5.77. The molecule has 0 aliphatic carbocycles. The van der Waals surface area contributed by atoms with Crippen LogP contribution in [0.25, 0.3) is 0 Å². The number of carbonyl (C=O) groups excluding carboxylic acids is 1. The second-order valence-corrected chi connectivity index (χ2v) is 6.96. The Labute approximate surface area is 111 Å². The number of carbonyl (C=O) groups is 1. The SMILES string of the molecule is CC1OCCC1(C)NC(=O)CC(N)CC(C)(C)C. The summed E-state index contributed by atoms with van der Waals surface area (Å²) in [5.41, 5.74) is 5.94. The number of nitrogens with one attached hydrogen (secondary N) is 1. The molecule has 18 heavy (non-hydrogen) atoms. The van der Waals surface area contributed by atoms with E-state index in [9.17, 15) is 4.79 Å². The lowest BCUT2D eigenvalue weighted by molar-refractivity contribution is -0.123. The maximum absolute atomic E-state index is 12.0. The molecule has 106 valence electrons. The van der Waals surface area contributed by atoms with Crippen molar-refractivity contribution in [3.05, 3.63) is 0 Å². The molecule has 3 unspecified atom stereocenters. The predicted molar refractivity (Wildman–Crippen MR) is 73.2 cm³/mol. The summed E-state index contributed by atoms with van der Waals surface area (Å²) in [5, 5.41) is 3.08. The van der Waals surface area contributed by atoms with Crippen molar-refractivity contribution in [3.8, 4) is 0 Å². The minimum absolute atomic E-state index is 0.0339. The van der Waals surface area contributed by atoms with Crippen LogP contribution in [-0.4, -0.2) is 30.2 Å². The van der Waals surface area contributed by atoms with Crippen molar-refractivity contribution in [3.63, 3.8) is 0 Å². The molecule has 1 rings (SSSR count).